The molecular weight excluding hydrogens is 356 g/mol. The maximum atomic E-state index is 13.0. The average Bonchev–Trinajstić information content (AvgIpc) is 2.61. The Morgan fingerprint density at radius 2 is 1.89 bits per heavy atom. The lowest BCUT2D eigenvalue weighted by atomic mass is 9.84. The van der Waals surface area contributed by atoms with Crippen LogP contribution in [0.25, 0.3) is 10.9 Å². The van der Waals surface area contributed by atoms with E-state index in [0.717, 1.165) is 23.7 Å². The molecule has 0 saturated carbocycles. The molecule has 4 heteroatoms. The third-order valence-electron chi connectivity index (χ3n) is 4.62. The summed E-state index contributed by atoms with van der Waals surface area (Å²) in [4.78, 5) is 17.4. The number of fused-ring (bicyclic) bond motifs is 1. The van der Waals surface area contributed by atoms with Crippen molar-refractivity contribution in [1.82, 2.24) is 10.3 Å². The lowest BCUT2D eigenvalue weighted by molar-refractivity contribution is 0.0894. The summed E-state index contributed by atoms with van der Waals surface area (Å²) in [6.07, 6.45) is 3.30. The Labute approximate surface area is 165 Å². The van der Waals surface area contributed by atoms with Crippen molar-refractivity contribution in [2.75, 3.05) is 0 Å². The molecule has 3 rings (SSSR count). The zero-order chi connectivity index (χ0) is 19.4. The molecule has 1 unspecified atom stereocenters. The van der Waals surface area contributed by atoms with Gasteiger partial charge in [-0.1, -0.05) is 61.8 Å². The highest BCUT2D eigenvalue weighted by Crippen LogP contribution is 2.23. The number of carbonyl (C=O) groups excluding carboxylic acids is 1. The van der Waals surface area contributed by atoms with Crippen LogP contribution >= 0.6 is 11.6 Å². The molecule has 0 radical (unpaired) electrons. The molecule has 1 N–H and O–H groups in total. The maximum Gasteiger partial charge on any atom is 0.253 e. The van der Waals surface area contributed by atoms with Crippen molar-refractivity contribution in [3.63, 3.8) is 0 Å². The molecule has 0 spiro atoms. The SMILES string of the molecule is CC(C)CC(C)(Cc1ccccc1)NC(=O)c1cnc2cc(Cl)ccc2c1. The molecule has 0 aliphatic rings. The molecule has 0 saturated heterocycles. The molecule has 3 aromatic rings. The van der Waals surface area contributed by atoms with Crippen LogP contribution in [0, 0.1) is 5.92 Å². The number of rotatable bonds is 6. The van der Waals surface area contributed by atoms with Gasteiger partial charge in [-0.2, -0.15) is 0 Å². The molecule has 0 aliphatic carbocycles. The van der Waals surface area contributed by atoms with E-state index in [4.69, 9.17) is 11.6 Å². The molecule has 1 heterocycles. The van der Waals surface area contributed by atoms with Crippen molar-refractivity contribution < 1.29 is 4.79 Å². The zero-order valence-electron chi connectivity index (χ0n) is 16.0. The molecule has 140 valence electrons. The van der Waals surface area contributed by atoms with Crippen LogP contribution in [0.4, 0.5) is 0 Å². The van der Waals surface area contributed by atoms with E-state index in [-0.39, 0.29) is 11.4 Å². The van der Waals surface area contributed by atoms with Crippen LogP contribution in [0.1, 0.15) is 43.1 Å². The van der Waals surface area contributed by atoms with Gasteiger partial charge in [0.2, 0.25) is 0 Å². The van der Waals surface area contributed by atoms with E-state index in [9.17, 15) is 4.79 Å². The number of nitrogens with one attached hydrogen (secondary N) is 1. The summed E-state index contributed by atoms with van der Waals surface area (Å²) in [7, 11) is 0. The van der Waals surface area contributed by atoms with Crippen molar-refractivity contribution in [3.8, 4) is 0 Å². The number of aromatic nitrogens is 1. The van der Waals surface area contributed by atoms with Crippen molar-refractivity contribution in [3.05, 3.63) is 76.9 Å². The monoisotopic (exact) mass is 380 g/mol. The van der Waals surface area contributed by atoms with Gasteiger partial charge in [0.1, 0.15) is 0 Å². The van der Waals surface area contributed by atoms with Crippen LogP contribution in [0.5, 0.6) is 0 Å². The first kappa shape index (κ1) is 19.4. The zero-order valence-corrected chi connectivity index (χ0v) is 16.8. The summed E-state index contributed by atoms with van der Waals surface area (Å²) in [6.45, 7) is 6.47. The molecule has 27 heavy (non-hydrogen) atoms. The summed E-state index contributed by atoms with van der Waals surface area (Å²) in [6, 6.07) is 17.6. The minimum absolute atomic E-state index is 0.0987. The molecular formula is C23H25ClN2O. The molecule has 3 nitrogen and oxygen atoms in total. The normalized spacial score (nSPS) is 13.5. The second-order valence-electron chi connectivity index (χ2n) is 7.84. The van der Waals surface area contributed by atoms with Gasteiger partial charge in [0.05, 0.1) is 11.1 Å². The van der Waals surface area contributed by atoms with Crippen molar-refractivity contribution in [2.24, 2.45) is 5.92 Å². The van der Waals surface area contributed by atoms with Crippen LogP contribution < -0.4 is 5.32 Å². The number of pyridine rings is 1. The van der Waals surface area contributed by atoms with Gasteiger partial charge in [-0.05, 0) is 49.4 Å². The highest BCUT2D eigenvalue weighted by Gasteiger charge is 2.28. The number of hydrogen-bond acceptors (Lipinski definition) is 2. The molecule has 0 aliphatic heterocycles. The highest BCUT2D eigenvalue weighted by molar-refractivity contribution is 6.31. The Kier molecular flexibility index (Phi) is 5.81. The van der Waals surface area contributed by atoms with Gasteiger partial charge in [0.15, 0.2) is 0 Å². The fourth-order valence-corrected chi connectivity index (χ4v) is 3.85. The fraction of sp³-hybridized carbons (Fsp3) is 0.304. The molecule has 1 atom stereocenters. The molecule has 0 fully saturated rings. The number of amides is 1. The first-order chi connectivity index (χ1) is 12.8. The third-order valence-corrected chi connectivity index (χ3v) is 4.85. The van der Waals surface area contributed by atoms with E-state index in [2.05, 4.69) is 43.2 Å². The maximum absolute atomic E-state index is 13.0. The second kappa shape index (κ2) is 8.10. The fourth-order valence-electron chi connectivity index (χ4n) is 3.68. The second-order valence-corrected chi connectivity index (χ2v) is 8.27. The summed E-state index contributed by atoms with van der Waals surface area (Å²) in [5.74, 6) is 0.370. The van der Waals surface area contributed by atoms with Gasteiger partial charge in [-0.15, -0.1) is 0 Å². The van der Waals surface area contributed by atoms with Crippen LogP contribution in [0.2, 0.25) is 5.02 Å². The predicted octanol–water partition coefficient (Wildman–Crippen LogP) is 5.67. The predicted molar refractivity (Wildman–Crippen MR) is 112 cm³/mol. The smallest absolute Gasteiger partial charge is 0.253 e. The standard InChI is InChI=1S/C23H25ClN2O/c1-16(2)13-23(3,14-17-7-5-4-6-8-17)26-22(27)19-11-18-9-10-20(24)12-21(18)25-15-19/h4-12,15-16H,13-14H2,1-3H3,(H,26,27). The van der Waals surface area contributed by atoms with Gasteiger partial charge in [-0.3, -0.25) is 9.78 Å². The quantitative estimate of drug-likeness (QED) is 0.599. The van der Waals surface area contributed by atoms with Crippen molar-refractivity contribution in [2.45, 2.75) is 39.2 Å². The first-order valence-corrected chi connectivity index (χ1v) is 9.64. The highest BCUT2D eigenvalue weighted by atomic mass is 35.5. The van der Waals surface area contributed by atoms with Crippen LogP contribution in [-0.4, -0.2) is 16.4 Å². The van der Waals surface area contributed by atoms with Crippen LogP contribution in [0.15, 0.2) is 60.8 Å². The lowest BCUT2D eigenvalue weighted by Crippen LogP contribution is -2.48. The largest absolute Gasteiger partial charge is 0.346 e. The summed E-state index contributed by atoms with van der Waals surface area (Å²) in [5.41, 5.74) is 2.23. The average molecular weight is 381 g/mol. The van der Waals surface area contributed by atoms with E-state index < -0.39 is 0 Å². The van der Waals surface area contributed by atoms with E-state index >= 15 is 0 Å². The van der Waals surface area contributed by atoms with E-state index in [0.29, 0.717) is 16.5 Å². The van der Waals surface area contributed by atoms with E-state index in [1.807, 2.05) is 36.4 Å². The molecule has 0 bridgehead atoms. The van der Waals surface area contributed by atoms with Gasteiger partial charge in [0.25, 0.3) is 5.91 Å². The number of hydrogen-bond donors (Lipinski definition) is 1. The Morgan fingerprint density at radius 1 is 1.15 bits per heavy atom. The molecule has 1 amide bonds. The van der Waals surface area contributed by atoms with Crippen molar-refractivity contribution >= 4 is 28.4 Å². The summed E-state index contributed by atoms with van der Waals surface area (Å²) in [5, 5.41) is 4.80. The van der Waals surface area contributed by atoms with E-state index in [1.165, 1.54) is 5.56 Å². The Hall–Kier alpha value is -2.39. The summed E-state index contributed by atoms with van der Waals surface area (Å²) >= 11 is 6.01. The van der Waals surface area contributed by atoms with Crippen LogP contribution in [-0.2, 0) is 6.42 Å². The van der Waals surface area contributed by atoms with Gasteiger partial charge in [-0.25, -0.2) is 0 Å². The number of benzene rings is 2. The number of carbonyl (C=O) groups is 1. The Balaban J connectivity index is 1.84. The van der Waals surface area contributed by atoms with Gasteiger partial charge >= 0.3 is 0 Å². The molecule has 2 aromatic carbocycles. The number of halogens is 1. The topological polar surface area (TPSA) is 42.0 Å². The lowest BCUT2D eigenvalue weighted by Gasteiger charge is -2.33. The van der Waals surface area contributed by atoms with Gasteiger partial charge < -0.3 is 5.32 Å². The minimum atomic E-state index is -0.332. The minimum Gasteiger partial charge on any atom is -0.346 e. The van der Waals surface area contributed by atoms with Crippen molar-refractivity contribution in [1.29, 1.82) is 0 Å². The number of nitrogens with zero attached hydrogens (tertiary/aromatic N) is 1. The van der Waals surface area contributed by atoms with E-state index in [1.54, 1.807) is 12.3 Å². The Morgan fingerprint density at radius 3 is 2.59 bits per heavy atom. The summed E-state index contributed by atoms with van der Waals surface area (Å²) < 4.78 is 0. The van der Waals surface area contributed by atoms with Crippen LogP contribution in [0.3, 0.4) is 0 Å². The first-order valence-electron chi connectivity index (χ1n) is 9.26. The molecule has 1 aromatic heterocycles. The third kappa shape index (κ3) is 5.08. The van der Waals surface area contributed by atoms with Gasteiger partial charge in [0, 0.05) is 22.1 Å². The Bertz CT molecular complexity index is 940.